The van der Waals surface area contributed by atoms with Crippen molar-refractivity contribution in [3.8, 4) is 0 Å². The molecular formula is C14H22N2O2S. The zero-order valence-corrected chi connectivity index (χ0v) is 12.2. The number of piperidine rings is 1. The molecule has 0 aliphatic carbocycles. The fraction of sp³-hybridized carbons (Fsp3) is 0.571. The molecule has 0 atom stereocenters. The Morgan fingerprint density at radius 3 is 2.32 bits per heavy atom. The number of benzene rings is 1. The highest BCUT2D eigenvalue weighted by atomic mass is 32.2. The largest absolute Gasteiger partial charge is 0.399 e. The van der Waals surface area contributed by atoms with Crippen molar-refractivity contribution in [3.05, 3.63) is 29.8 Å². The van der Waals surface area contributed by atoms with Crippen molar-refractivity contribution < 1.29 is 8.42 Å². The molecule has 0 spiro atoms. The summed E-state index contributed by atoms with van der Waals surface area (Å²) in [5.41, 5.74) is 7.06. The summed E-state index contributed by atoms with van der Waals surface area (Å²) in [7, 11) is -3.19. The fourth-order valence-electron chi connectivity index (χ4n) is 2.51. The van der Waals surface area contributed by atoms with Gasteiger partial charge < -0.3 is 5.73 Å². The van der Waals surface area contributed by atoms with Crippen LogP contribution in [0, 0.1) is 5.92 Å². The molecule has 0 saturated carbocycles. The second-order valence-electron chi connectivity index (χ2n) is 5.25. The van der Waals surface area contributed by atoms with Gasteiger partial charge in [-0.05, 0) is 36.5 Å². The predicted molar refractivity (Wildman–Crippen MR) is 78.1 cm³/mol. The number of hydrogen-bond acceptors (Lipinski definition) is 3. The molecule has 19 heavy (non-hydrogen) atoms. The van der Waals surface area contributed by atoms with Crippen molar-refractivity contribution in [1.82, 2.24) is 4.31 Å². The van der Waals surface area contributed by atoms with Gasteiger partial charge in [-0.1, -0.05) is 25.5 Å². The van der Waals surface area contributed by atoms with Crippen molar-refractivity contribution in [2.75, 3.05) is 18.8 Å². The zero-order valence-electron chi connectivity index (χ0n) is 11.4. The lowest BCUT2D eigenvalue weighted by molar-refractivity contribution is 0.269. The van der Waals surface area contributed by atoms with Crippen molar-refractivity contribution >= 4 is 15.7 Å². The molecule has 0 radical (unpaired) electrons. The van der Waals surface area contributed by atoms with Crippen molar-refractivity contribution in [1.29, 1.82) is 0 Å². The summed E-state index contributed by atoms with van der Waals surface area (Å²) in [5.74, 6) is 0.757. The number of nitrogens with two attached hydrogens (primary N) is 1. The molecular weight excluding hydrogens is 260 g/mol. The molecule has 5 heteroatoms. The molecule has 1 aliphatic rings. The van der Waals surface area contributed by atoms with Crippen molar-refractivity contribution in [3.63, 3.8) is 0 Å². The van der Waals surface area contributed by atoms with Crippen LogP contribution in [0.2, 0.25) is 0 Å². The Bertz CT molecular complexity index is 503. The topological polar surface area (TPSA) is 63.4 Å². The SMILES string of the molecule is CCC1CCN(S(=O)(=O)Cc2ccc(N)cc2)CC1. The van der Waals surface area contributed by atoms with E-state index < -0.39 is 10.0 Å². The van der Waals surface area contributed by atoms with E-state index in [-0.39, 0.29) is 5.75 Å². The first-order chi connectivity index (χ1) is 9.01. The molecule has 1 aromatic rings. The van der Waals surface area contributed by atoms with Gasteiger partial charge in [-0.15, -0.1) is 0 Å². The minimum atomic E-state index is -3.19. The van der Waals surface area contributed by atoms with Crippen LogP contribution in [-0.4, -0.2) is 25.8 Å². The van der Waals surface area contributed by atoms with Gasteiger partial charge in [-0.25, -0.2) is 12.7 Å². The van der Waals surface area contributed by atoms with Gasteiger partial charge in [0.1, 0.15) is 0 Å². The lowest BCUT2D eigenvalue weighted by Gasteiger charge is -2.30. The maximum absolute atomic E-state index is 12.3. The summed E-state index contributed by atoms with van der Waals surface area (Å²) >= 11 is 0. The summed E-state index contributed by atoms with van der Waals surface area (Å²) in [4.78, 5) is 0. The standard InChI is InChI=1S/C14H22N2O2S/c1-2-12-7-9-16(10-8-12)19(17,18)11-13-3-5-14(15)6-4-13/h3-6,12H,2,7-11,15H2,1H3. The lowest BCUT2D eigenvalue weighted by atomic mass is 9.96. The second kappa shape index (κ2) is 5.92. The average molecular weight is 282 g/mol. The Labute approximate surface area is 115 Å². The van der Waals surface area contributed by atoms with E-state index in [1.54, 1.807) is 28.6 Å². The van der Waals surface area contributed by atoms with E-state index in [2.05, 4.69) is 6.92 Å². The van der Waals surface area contributed by atoms with Crippen LogP contribution in [0.5, 0.6) is 0 Å². The molecule has 0 amide bonds. The van der Waals surface area contributed by atoms with E-state index in [9.17, 15) is 8.42 Å². The van der Waals surface area contributed by atoms with Gasteiger partial charge in [0, 0.05) is 18.8 Å². The van der Waals surface area contributed by atoms with Gasteiger partial charge in [0.15, 0.2) is 0 Å². The number of nitrogens with zero attached hydrogens (tertiary/aromatic N) is 1. The number of sulfonamides is 1. The second-order valence-corrected chi connectivity index (χ2v) is 7.22. The molecule has 1 heterocycles. The third-order valence-corrected chi connectivity index (χ3v) is 5.72. The number of hydrogen-bond donors (Lipinski definition) is 1. The van der Waals surface area contributed by atoms with E-state index in [1.165, 1.54) is 0 Å². The number of rotatable bonds is 4. The molecule has 1 fully saturated rings. The Balaban J connectivity index is 2.01. The molecule has 1 aromatic carbocycles. The first kappa shape index (κ1) is 14.3. The van der Waals surface area contributed by atoms with Crippen LogP contribution < -0.4 is 5.73 Å². The zero-order chi connectivity index (χ0) is 13.9. The van der Waals surface area contributed by atoms with E-state index in [1.807, 2.05) is 0 Å². The normalized spacial score (nSPS) is 18.6. The Hall–Kier alpha value is -1.07. The summed E-state index contributed by atoms with van der Waals surface area (Å²) in [6.07, 6.45) is 3.11. The first-order valence-electron chi connectivity index (χ1n) is 6.83. The third-order valence-electron chi connectivity index (χ3n) is 3.87. The van der Waals surface area contributed by atoms with Crippen molar-refractivity contribution in [2.24, 2.45) is 5.92 Å². The molecule has 4 nitrogen and oxygen atoms in total. The van der Waals surface area contributed by atoms with Gasteiger partial charge in [-0.2, -0.15) is 0 Å². The van der Waals surface area contributed by atoms with Crippen LogP contribution in [0.1, 0.15) is 31.7 Å². The first-order valence-corrected chi connectivity index (χ1v) is 8.44. The summed E-state index contributed by atoms with van der Waals surface area (Å²) in [6.45, 7) is 3.49. The highest BCUT2D eigenvalue weighted by Crippen LogP contribution is 2.23. The van der Waals surface area contributed by atoms with Crippen molar-refractivity contribution in [2.45, 2.75) is 31.9 Å². The summed E-state index contributed by atoms with van der Waals surface area (Å²) in [6, 6.07) is 7.06. The lowest BCUT2D eigenvalue weighted by Crippen LogP contribution is -2.38. The van der Waals surface area contributed by atoms with Crippen LogP contribution in [0.4, 0.5) is 5.69 Å². The summed E-state index contributed by atoms with van der Waals surface area (Å²) in [5, 5.41) is 0. The van der Waals surface area contributed by atoms with E-state index in [4.69, 9.17) is 5.73 Å². The van der Waals surface area contributed by atoms with Gasteiger partial charge >= 0.3 is 0 Å². The Morgan fingerprint density at radius 1 is 1.21 bits per heavy atom. The van der Waals surface area contributed by atoms with Crippen LogP contribution in [-0.2, 0) is 15.8 Å². The van der Waals surface area contributed by atoms with Crippen LogP contribution in [0.25, 0.3) is 0 Å². The molecule has 0 aromatic heterocycles. The minimum absolute atomic E-state index is 0.0735. The fourth-order valence-corrected chi connectivity index (χ4v) is 4.07. The molecule has 1 saturated heterocycles. The molecule has 2 N–H and O–H groups in total. The average Bonchev–Trinajstić information content (AvgIpc) is 2.41. The van der Waals surface area contributed by atoms with Gasteiger partial charge in [0.2, 0.25) is 10.0 Å². The highest BCUT2D eigenvalue weighted by molar-refractivity contribution is 7.88. The highest BCUT2D eigenvalue weighted by Gasteiger charge is 2.27. The van der Waals surface area contributed by atoms with Gasteiger partial charge in [0.05, 0.1) is 5.75 Å². The molecule has 2 rings (SSSR count). The summed E-state index contributed by atoms with van der Waals surface area (Å²) < 4.78 is 26.3. The van der Waals surface area contributed by atoms with Gasteiger partial charge in [-0.3, -0.25) is 0 Å². The molecule has 106 valence electrons. The smallest absolute Gasteiger partial charge is 0.218 e. The molecule has 1 aliphatic heterocycles. The number of anilines is 1. The van der Waals surface area contributed by atoms with E-state index in [0.29, 0.717) is 24.7 Å². The van der Waals surface area contributed by atoms with Crippen LogP contribution in [0.3, 0.4) is 0 Å². The van der Waals surface area contributed by atoms with E-state index in [0.717, 1.165) is 24.8 Å². The quantitative estimate of drug-likeness (QED) is 0.861. The Morgan fingerprint density at radius 2 is 1.79 bits per heavy atom. The predicted octanol–water partition coefficient (Wildman–Crippen LogP) is 2.22. The van der Waals surface area contributed by atoms with E-state index >= 15 is 0 Å². The molecule has 0 bridgehead atoms. The van der Waals surface area contributed by atoms with Crippen LogP contribution >= 0.6 is 0 Å². The maximum Gasteiger partial charge on any atom is 0.218 e. The monoisotopic (exact) mass is 282 g/mol. The Kier molecular flexibility index (Phi) is 4.47. The molecule has 0 unspecified atom stereocenters. The van der Waals surface area contributed by atoms with Crippen LogP contribution in [0.15, 0.2) is 24.3 Å². The third kappa shape index (κ3) is 3.70. The number of nitrogen functional groups attached to an aromatic ring is 1. The minimum Gasteiger partial charge on any atom is -0.399 e. The maximum atomic E-state index is 12.3. The van der Waals surface area contributed by atoms with Gasteiger partial charge in [0.25, 0.3) is 0 Å².